The molecule has 5 heteroatoms. The summed E-state index contributed by atoms with van der Waals surface area (Å²) < 4.78 is 6.16. The van der Waals surface area contributed by atoms with Crippen LogP contribution < -0.4 is 11.1 Å². The van der Waals surface area contributed by atoms with Crippen molar-refractivity contribution in [3.8, 4) is 0 Å². The molecule has 0 aliphatic rings. The molecule has 17 heavy (non-hydrogen) atoms. The molecule has 1 unspecified atom stereocenters. The van der Waals surface area contributed by atoms with Crippen molar-refractivity contribution < 1.29 is 9.53 Å². The number of rotatable bonds is 5. The molecule has 94 valence electrons. The summed E-state index contributed by atoms with van der Waals surface area (Å²) >= 11 is 2.21. The monoisotopic (exact) mass is 348 g/mol. The van der Waals surface area contributed by atoms with Gasteiger partial charge in [-0.25, -0.2) is 0 Å². The van der Waals surface area contributed by atoms with Crippen molar-refractivity contribution in [2.24, 2.45) is 5.73 Å². The summed E-state index contributed by atoms with van der Waals surface area (Å²) in [6.07, 6.45) is 0.0517. The molecule has 0 heterocycles. The number of hydrogen-bond acceptors (Lipinski definition) is 3. The zero-order valence-corrected chi connectivity index (χ0v) is 12.2. The molecule has 0 aliphatic carbocycles. The SMILES string of the molecule is COC(CN)CC(=O)Nc1cc(I)ccc1C. The van der Waals surface area contributed by atoms with Gasteiger partial charge in [0.2, 0.25) is 5.91 Å². The number of nitrogens with one attached hydrogen (secondary N) is 1. The third kappa shape index (κ3) is 4.61. The van der Waals surface area contributed by atoms with E-state index in [1.807, 2.05) is 25.1 Å². The van der Waals surface area contributed by atoms with E-state index in [4.69, 9.17) is 10.5 Å². The predicted molar refractivity (Wildman–Crippen MR) is 77.0 cm³/mol. The fourth-order valence-corrected chi connectivity index (χ4v) is 1.89. The first-order chi connectivity index (χ1) is 8.06. The van der Waals surface area contributed by atoms with Crippen LogP contribution in [0.5, 0.6) is 0 Å². The number of methoxy groups -OCH3 is 1. The molecule has 0 spiro atoms. The number of nitrogens with two attached hydrogens (primary N) is 1. The average molecular weight is 348 g/mol. The molecule has 1 amide bonds. The molecule has 0 fully saturated rings. The summed E-state index contributed by atoms with van der Waals surface area (Å²) in [5.41, 5.74) is 7.36. The van der Waals surface area contributed by atoms with Gasteiger partial charge in [-0.05, 0) is 47.2 Å². The number of benzene rings is 1. The van der Waals surface area contributed by atoms with E-state index in [0.717, 1.165) is 14.8 Å². The van der Waals surface area contributed by atoms with Gasteiger partial charge >= 0.3 is 0 Å². The number of halogens is 1. The van der Waals surface area contributed by atoms with Crippen LogP contribution in [0.1, 0.15) is 12.0 Å². The lowest BCUT2D eigenvalue weighted by molar-refractivity contribution is -0.118. The quantitative estimate of drug-likeness (QED) is 0.799. The van der Waals surface area contributed by atoms with Gasteiger partial charge in [-0.1, -0.05) is 6.07 Å². The zero-order valence-electron chi connectivity index (χ0n) is 10.00. The molecular formula is C12H17IN2O2. The third-order valence-electron chi connectivity index (χ3n) is 2.48. The van der Waals surface area contributed by atoms with Gasteiger partial charge in [-0.2, -0.15) is 0 Å². The number of ether oxygens (including phenoxy) is 1. The van der Waals surface area contributed by atoms with Crippen molar-refractivity contribution >= 4 is 34.2 Å². The molecule has 0 aliphatic heterocycles. The summed E-state index contributed by atoms with van der Waals surface area (Å²) in [4.78, 5) is 11.8. The Hall–Kier alpha value is -0.660. The van der Waals surface area contributed by atoms with Gasteiger partial charge in [0.25, 0.3) is 0 Å². The molecule has 1 aromatic rings. The van der Waals surface area contributed by atoms with E-state index < -0.39 is 0 Å². The standard InChI is InChI=1S/C12H17IN2O2/c1-8-3-4-9(13)5-11(8)15-12(16)6-10(7-14)17-2/h3-5,10H,6-7,14H2,1-2H3,(H,15,16). The Labute approximate surface area is 115 Å². The second-order valence-electron chi connectivity index (χ2n) is 3.80. The van der Waals surface area contributed by atoms with E-state index in [1.165, 1.54) is 0 Å². The van der Waals surface area contributed by atoms with Gasteiger partial charge in [0.15, 0.2) is 0 Å². The van der Waals surface area contributed by atoms with Crippen LogP contribution in [0.15, 0.2) is 18.2 Å². The smallest absolute Gasteiger partial charge is 0.227 e. The fraction of sp³-hybridized carbons (Fsp3) is 0.417. The van der Waals surface area contributed by atoms with Crippen LogP contribution in [-0.4, -0.2) is 25.7 Å². The van der Waals surface area contributed by atoms with Gasteiger partial charge in [-0.3, -0.25) is 4.79 Å². The highest BCUT2D eigenvalue weighted by atomic mass is 127. The van der Waals surface area contributed by atoms with Crippen LogP contribution in [0.3, 0.4) is 0 Å². The summed E-state index contributed by atoms with van der Waals surface area (Å²) in [5.74, 6) is -0.0765. The number of aryl methyl sites for hydroxylation is 1. The van der Waals surface area contributed by atoms with Crippen LogP contribution >= 0.6 is 22.6 Å². The summed E-state index contributed by atoms with van der Waals surface area (Å²) in [7, 11) is 1.56. The molecule has 3 N–H and O–H groups in total. The number of amides is 1. The molecule has 0 saturated carbocycles. The van der Waals surface area contributed by atoms with E-state index in [2.05, 4.69) is 27.9 Å². The van der Waals surface area contributed by atoms with Crippen molar-refractivity contribution in [3.05, 3.63) is 27.3 Å². The van der Waals surface area contributed by atoms with E-state index in [1.54, 1.807) is 7.11 Å². The number of carbonyl (C=O) groups excluding carboxylic acids is 1. The second-order valence-corrected chi connectivity index (χ2v) is 5.05. The van der Waals surface area contributed by atoms with Gasteiger partial charge < -0.3 is 15.8 Å². The van der Waals surface area contributed by atoms with E-state index >= 15 is 0 Å². The lowest BCUT2D eigenvalue weighted by Gasteiger charge is -2.13. The van der Waals surface area contributed by atoms with Crippen LogP contribution in [0.25, 0.3) is 0 Å². The Morgan fingerprint density at radius 3 is 2.88 bits per heavy atom. The first-order valence-electron chi connectivity index (χ1n) is 5.35. The highest BCUT2D eigenvalue weighted by Gasteiger charge is 2.12. The van der Waals surface area contributed by atoms with Crippen LogP contribution in [0, 0.1) is 10.5 Å². The molecular weight excluding hydrogens is 331 g/mol. The lowest BCUT2D eigenvalue weighted by Crippen LogP contribution is -2.28. The Kier molecular flexibility index (Phi) is 5.87. The second kappa shape index (κ2) is 6.93. The molecule has 0 bridgehead atoms. The summed E-state index contributed by atoms with van der Waals surface area (Å²) in [6, 6.07) is 5.93. The van der Waals surface area contributed by atoms with Gasteiger partial charge in [0, 0.05) is 22.9 Å². The van der Waals surface area contributed by atoms with Crippen molar-refractivity contribution in [3.63, 3.8) is 0 Å². The van der Waals surface area contributed by atoms with Crippen molar-refractivity contribution in [2.45, 2.75) is 19.4 Å². The van der Waals surface area contributed by atoms with Crippen LogP contribution in [0.4, 0.5) is 5.69 Å². The topological polar surface area (TPSA) is 64.3 Å². The Morgan fingerprint density at radius 1 is 1.59 bits per heavy atom. The first-order valence-corrected chi connectivity index (χ1v) is 6.43. The first kappa shape index (κ1) is 14.4. The molecule has 0 aromatic heterocycles. The van der Waals surface area contributed by atoms with Crippen molar-refractivity contribution in [2.75, 3.05) is 19.0 Å². The molecule has 1 rings (SSSR count). The zero-order chi connectivity index (χ0) is 12.8. The number of carbonyl (C=O) groups is 1. The van der Waals surface area contributed by atoms with Gasteiger partial charge in [0.05, 0.1) is 12.5 Å². The summed E-state index contributed by atoms with van der Waals surface area (Å²) in [6.45, 7) is 2.30. The van der Waals surface area contributed by atoms with Gasteiger partial charge in [0.1, 0.15) is 0 Å². The molecule has 1 aromatic carbocycles. The van der Waals surface area contributed by atoms with Crippen LogP contribution in [0.2, 0.25) is 0 Å². The number of anilines is 1. The fourth-order valence-electron chi connectivity index (χ4n) is 1.40. The lowest BCUT2D eigenvalue weighted by atomic mass is 10.2. The molecule has 0 saturated heterocycles. The summed E-state index contributed by atoms with van der Waals surface area (Å²) in [5, 5.41) is 2.87. The van der Waals surface area contributed by atoms with Gasteiger partial charge in [-0.15, -0.1) is 0 Å². The molecule has 1 atom stereocenters. The molecule has 0 radical (unpaired) electrons. The predicted octanol–water partition coefficient (Wildman–Crippen LogP) is 1.90. The third-order valence-corrected chi connectivity index (χ3v) is 3.15. The Bertz CT molecular complexity index is 392. The van der Waals surface area contributed by atoms with Crippen molar-refractivity contribution in [1.82, 2.24) is 0 Å². The average Bonchev–Trinajstić information content (AvgIpc) is 2.31. The minimum Gasteiger partial charge on any atom is -0.380 e. The van der Waals surface area contributed by atoms with Crippen molar-refractivity contribution in [1.29, 1.82) is 0 Å². The Morgan fingerprint density at radius 2 is 2.29 bits per heavy atom. The maximum atomic E-state index is 11.8. The van der Waals surface area contributed by atoms with E-state index in [-0.39, 0.29) is 18.4 Å². The normalized spacial score (nSPS) is 12.2. The Balaban J connectivity index is 2.64. The minimum absolute atomic E-state index is 0.0765. The van der Waals surface area contributed by atoms with E-state index in [0.29, 0.717) is 6.54 Å². The highest BCUT2D eigenvalue weighted by Crippen LogP contribution is 2.18. The highest BCUT2D eigenvalue weighted by molar-refractivity contribution is 14.1. The minimum atomic E-state index is -0.224. The molecule has 4 nitrogen and oxygen atoms in total. The maximum Gasteiger partial charge on any atom is 0.227 e. The largest absolute Gasteiger partial charge is 0.380 e. The van der Waals surface area contributed by atoms with E-state index in [9.17, 15) is 4.79 Å². The maximum absolute atomic E-state index is 11.8. The van der Waals surface area contributed by atoms with Crippen LogP contribution in [-0.2, 0) is 9.53 Å². The number of hydrogen-bond donors (Lipinski definition) is 2.